The van der Waals surface area contributed by atoms with Gasteiger partial charge in [0, 0.05) is 18.1 Å². The third-order valence-electron chi connectivity index (χ3n) is 4.32. The second-order valence-corrected chi connectivity index (χ2v) is 6.14. The van der Waals surface area contributed by atoms with Crippen LogP contribution in [0.1, 0.15) is 23.6 Å². The predicted octanol–water partition coefficient (Wildman–Crippen LogP) is 4.56. The first-order valence-electron chi connectivity index (χ1n) is 8.39. The van der Waals surface area contributed by atoms with E-state index in [1.807, 2.05) is 53.4 Å². The lowest BCUT2D eigenvalue weighted by molar-refractivity contribution is -0.116. The van der Waals surface area contributed by atoms with Crippen LogP contribution in [0.4, 0.5) is 10.1 Å². The Hall–Kier alpha value is -3.08. The Balaban J connectivity index is 1.78. The lowest BCUT2D eigenvalue weighted by Crippen LogP contribution is -2.19. The minimum atomic E-state index is -0.333. The fourth-order valence-electron chi connectivity index (χ4n) is 2.84. The Bertz CT molecular complexity index is 874. The number of rotatable bonds is 6. The van der Waals surface area contributed by atoms with Crippen molar-refractivity contribution in [3.05, 3.63) is 83.9 Å². The van der Waals surface area contributed by atoms with Crippen LogP contribution in [0.3, 0.4) is 0 Å². The van der Waals surface area contributed by atoms with Gasteiger partial charge in [0.05, 0.1) is 19.6 Å². The molecule has 1 N–H and O–H groups in total. The number of amides is 1. The summed E-state index contributed by atoms with van der Waals surface area (Å²) in [4.78, 5) is 12.5. The number of benzene rings is 2. The number of methoxy groups -OCH3 is 1. The van der Waals surface area contributed by atoms with E-state index in [1.165, 1.54) is 6.07 Å². The van der Waals surface area contributed by atoms with Gasteiger partial charge in [-0.1, -0.05) is 18.2 Å². The van der Waals surface area contributed by atoms with E-state index in [9.17, 15) is 9.18 Å². The number of ether oxygens (including phenoxy) is 1. The highest BCUT2D eigenvalue weighted by Gasteiger charge is 2.18. The van der Waals surface area contributed by atoms with E-state index in [-0.39, 0.29) is 24.2 Å². The van der Waals surface area contributed by atoms with Crippen molar-refractivity contribution in [2.75, 3.05) is 12.4 Å². The zero-order valence-corrected chi connectivity index (χ0v) is 14.8. The van der Waals surface area contributed by atoms with Gasteiger partial charge in [-0.15, -0.1) is 0 Å². The van der Waals surface area contributed by atoms with E-state index < -0.39 is 0 Å². The Morgan fingerprint density at radius 2 is 1.85 bits per heavy atom. The highest BCUT2D eigenvalue weighted by atomic mass is 19.1. The van der Waals surface area contributed by atoms with Crippen molar-refractivity contribution in [3.63, 3.8) is 0 Å². The maximum atomic E-state index is 13.7. The number of carbonyl (C=O) groups is 1. The van der Waals surface area contributed by atoms with Gasteiger partial charge in [0.15, 0.2) is 0 Å². The highest BCUT2D eigenvalue weighted by Crippen LogP contribution is 2.25. The van der Waals surface area contributed by atoms with Gasteiger partial charge in [0.25, 0.3) is 0 Å². The summed E-state index contributed by atoms with van der Waals surface area (Å²) in [5.74, 6) is 0.252. The fraction of sp³-hybridized carbons (Fsp3) is 0.190. The van der Waals surface area contributed by atoms with Crippen molar-refractivity contribution >= 4 is 11.6 Å². The first-order valence-corrected chi connectivity index (χ1v) is 8.39. The van der Waals surface area contributed by atoms with Gasteiger partial charge in [-0.05, 0) is 54.4 Å². The van der Waals surface area contributed by atoms with E-state index in [2.05, 4.69) is 5.32 Å². The molecule has 0 bridgehead atoms. The number of nitrogens with one attached hydrogen (secondary N) is 1. The molecule has 0 aliphatic carbocycles. The lowest BCUT2D eigenvalue weighted by atomic mass is 10.0. The second-order valence-electron chi connectivity index (χ2n) is 6.14. The minimum absolute atomic E-state index is 0.161. The Labute approximate surface area is 152 Å². The van der Waals surface area contributed by atoms with Crippen molar-refractivity contribution in [2.24, 2.45) is 0 Å². The highest BCUT2D eigenvalue weighted by molar-refractivity contribution is 5.91. The molecule has 0 aliphatic rings. The number of hydrogen-bond acceptors (Lipinski definition) is 2. The Morgan fingerprint density at radius 1 is 1.15 bits per heavy atom. The molecule has 2 aromatic carbocycles. The summed E-state index contributed by atoms with van der Waals surface area (Å²) in [5.41, 5.74) is 2.00. The van der Waals surface area contributed by atoms with E-state index in [1.54, 1.807) is 26.2 Å². The maximum Gasteiger partial charge on any atom is 0.226 e. The van der Waals surface area contributed by atoms with Gasteiger partial charge in [0.1, 0.15) is 11.6 Å². The summed E-state index contributed by atoms with van der Waals surface area (Å²) in [5, 5.41) is 2.78. The zero-order chi connectivity index (χ0) is 18.5. The standard InChI is InChI=1S/C21H21FN2O2/c1-15-5-8-17(13-19(15)22)23-21(25)14-20(24-11-3-4-12-24)16-6-9-18(26-2)10-7-16/h3-13,20H,14H2,1-2H3,(H,23,25)/t20-/m1/s1. The van der Waals surface area contributed by atoms with E-state index >= 15 is 0 Å². The number of anilines is 1. The van der Waals surface area contributed by atoms with Crippen LogP contribution >= 0.6 is 0 Å². The molecule has 1 amide bonds. The van der Waals surface area contributed by atoms with Crippen LogP contribution in [-0.4, -0.2) is 17.6 Å². The molecular formula is C21H21FN2O2. The molecule has 0 radical (unpaired) electrons. The first-order chi connectivity index (χ1) is 12.6. The number of nitrogens with zero attached hydrogens (tertiary/aromatic N) is 1. The van der Waals surface area contributed by atoms with Gasteiger partial charge >= 0.3 is 0 Å². The van der Waals surface area contributed by atoms with Gasteiger partial charge in [0.2, 0.25) is 5.91 Å². The molecule has 4 nitrogen and oxygen atoms in total. The second kappa shape index (κ2) is 7.87. The molecule has 0 unspecified atom stereocenters. The van der Waals surface area contributed by atoms with Gasteiger partial charge < -0.3 is 14.6 Å². The molecular weight excluding hydrogens is 331 g/mol. The Morgan fingerprint density at radius 3 is 2.46 bits per heavy atom. The zero-order valence-electron chi connectivity index (χ0n) is 14.8. The third kappa shape index (κ3) is 4.11. The van der Waals surface area contributed by atoms with Gasteiger partial charge in [-0.25, -0.2) is 4.39 Å². The topological polar surface area (TPSA) is 43.3 Å². The summed E-state index contributed by atoms with van der Waals surface area (Å²) in [6.45, 7) is 1.69. The van der Waals surface area contributed by atoms with Crippen LogP contribution in [0, 0.1) is 12.7 Å². The van der Waals surface area contributed by atoms with Gasteiger partial charge in [-0.2, -0.15) is 0 Å². The van der Waals surface area contributed by atoms with Crippen molar-refractivity contribution < 1.29 is 13.9 Å². The van der Waals surface area contributed by atoms with E-state index in [0.29, 0.717) is 11.3 Å². The molecule has 0 aliphatic heterocycles. The molecule has 3 rings (SSSR count). The summed E-state index contributed by atoms with van der Waals surface area (Å²) in [6.07, 6.45) is 4.08. The van der Waals surface area contributed by atoms with Crippen molar-refractivity contribution in [1.29, 1.82) is 0 Å². The molecule has 3 aromatic rings. The summed E-state index contributed by atoms with van der Waals surface area (Å²) < 4.78 is 20.9. The normalized spacial score (nSPS) is 11.8. The molecule has 134 valence electrons. The fourth-order valence-corrected chi connectivity index (χ4v) is 2.84. The molecule has 1 atom stereocenters. The lowest BCUT2D eigenvalue weighted by Gasteiger charge is -2.20. The van der Waals surface area contributed by atoms with E-state index in [0.717, 1.165) is 11.3 Å². The molecule has 5 heteroatoms. The van der Waals surface area contributed by atoms with Crippen LogP contribution in [0.2, 0.25) is 0 Å². The molecule has 0 saturated carbocycles. The number of halogens is 1. The maximum absolute atomic E-state index is 13.7. The SMILES string of the molecule is COc1ccc([C@@H](CC(=O)Nc2ccc(C)c(F)c2)n2cccc2)cc1. The van der Waals surface area contributed by atoms with E-state index in [4.69, 9.17) is 4.74 Å². The summed E-state index contributed by atoms with van der Waals surface area (Å²) in [7, 11) is 1.62. The van der Waals surface area contributed by atoms with Crippen LogP contribution in [-0.2, 0) is 4.79 Å². The van der Waals surface area contributed by atoms with Crippen molar-refractivity contribution in [1.82, 2.24) is 4.57 Å². The van der Waals surface area contributed by atoms with Crippen LogP contribution in [0.25, 0.3) is 0 Å². The third-order valence-corrected chi connectivity index (χ3v) is 4.32. The number of aromatic nitrogens is 1. The average molecular weight is 352 g/mol. The quantitative estimate of drug-likeness (QED) is 0.707. The minimum Gasteiger partial charge on any atom is -0.497 e. The van der Waals surface area contributed by atoms with Gasteiger partial charge in [-0.3, -0.25) is 4.79 Å². The summed E-state index contributed by atoms with van der Waals surface area (Å²) in [6, 6.07) is 16.0. The van der Waals surface area contributed by atoms with Crippen LogP contribution < -0.4 is 10.1 Å². The predicted molar refractivity (Wildman–Crippen MR) is 99.9 cm³/mol. The number of hydrogen-bond donors (Lipinski definition) is 1. The molecule has 1 heterocycles. The molecule has 1 aromatic heterocycles. The van der Waals surface area contributed by atoms with Crippen molar-refractivity contribution in [2.45, 2.75) is 19.4 Å². The molecule has 0 fully saturated rings. The molecule has 26 heavy (non-hydrogen) atoms. The number of carbonyl (C=O) groups excluding carboxylic acids is 1. The smallest absolute Gasteiger partial charge is 0.226 e. The monoisotopic (exact) mass is 352 g/mol. The molecule has 0 spiro atoms. The van der Waals surface area contributed by atoms with Crippen LogP contribution in [0.15, 0.2) is 67.0 Å². The summed E-state index contributed by atoms with van der Waals surface area (Å²) >= 11 is 0. The molecule has 0 saturated heterocycles. The number of aryl methyl sites for hydroxylation is 1. The van der Waals surface area contributed by atoms with Crippen LogP contribution in [0.5, 0.6) is 5.75 Å². The largest absolute Gasteiger partial charge is 0.497 e. The average Bonchev–Trinajstić information content (AvgIpc) is 3.17. The Kier molecular flexibility index (Phi) is 5.37. The first kappa shape index (κ1) is 17.7. The van der Waals surface area contributed by atoms with Crippen molar-refractivity contribution in [3.8, 4) is 5.75 Å².